The van der Waals surface area contributed by atoms with Gasteiger partial charge in [0.1, 0.15) is 5.75 Å². The molecule has 34 heavy (non-hydrogen) atoms. The highest BCUT2D eigenvalue weighted by Gasteiger charge is 2.31. The van der Waals surface area contributed by atoms with Gasteiger partial charge in [0.25, 0.3) is 0 Å². The van der Waals surface area contributed by atoms with Gasteiger partial charge in [-0.3, -0.25) is 9.59 Å². The Bertz CT molecular complexity index is 1380. The Hall–Kier alpha value is -2.86. The van der Waals surface area contributed by atoms with Gasteiger partial charge in [0.2, 0.25) is 10.5 Å². The summed E-state index contributed by atoms with van der Waals surface area (Å²) in [7, 11) is -3.85. The van der Waals surface area contributed by atoms with E-state index in [0.29, 0.717) is 18.1 Å². The summed E-state index contributed by atoms with van der Waals surface area (Å²) in [5.41, 5.74) is -1.01. The summed E-state index contributed by atoms with van der Waals surface area (Å²) in [6, 6.07) is 8.72. The first-order valence-electron chi connectivity index (χ1n) is 10.1. The molecule has 182 valence electrons. The average molecular weight is 515 g/mol. The van der Waals surface area contributed by atoms with Crippen molar-refractivity contribution in [3.63, 3.8) is 0 Å². The maximum Gasteiger partial charge on any atom is 0.573 e. The molecule has 0 saturated carbocycles. The Morgan fingerprint density at radius 1 is 1.15 bits per heavy atom. The normalized spacial score (nSPS) is 12.3. The van der Waals surface area contributed by atoms with Gasteiger partial charge in [0.05, 0.1) is 21.5 Å². The van der Waals surface area contributed by atoms with Crippen molar-refractivity contribution in [2.45, 2.75) is 31.5 Å². The molecule has 0 atom stereocenters. The number of ether oxygens (including phenoxy) is 1. The molecular weight excluding hydrogens is 493 g/mol. The molecule has 0 amide bonds. The van der Waals surface area contributed by atoms with Crippen molar-refractivity contribution in [1.82, 2.24) is 9.78 Å². The van der Waals surface area contributed by atoms with Crippen LogP contribution in [0.3, 0.4) is 0 Å². The van der Waals surface area contributed by atoms with Crippen molar-refractivity contribution >= 4 is 37.6 Å². The Kier molecular flexibility index (Phi) is 7.41. The fourth-order valence-electron chi connectivity index (χ4n) is 3.13. The number of carbonyl (C=O) groups excluding carboxylic acids is 1. The first kappa shape index (κ1) is 25.8. The standard InChI is InChI=1S/C22H21F3N2O5S2/c1-13(2)11-12-33-21(29)19-20(28)18-16(5-4-6-17(18)34(3,30)31)27(26-19)14-7-9-15(10-8-14)32-22(23,24)25/h4-10,13H,11-12H2,1-3H3. The van der Waals surface area contributed by atoms with E-state index in [0.717, 1.165) is 30.2 Å². The van der Waals surface area contributed by atoms with Gasteiger partial charge in [-0.1, -0.05) is 31.7 Å². The predicted octanol–water partition coefficient (Wildman–Crippen LogP) is 4.61. The Morgan fingerprint density at radius 2 is 1.79 bits per heavy atom. The molecule has 0 unspecified atom stereocenters. The van der Waals surface area contributed by atoms with Gasteiger partial charge in [-0.15, -0.1) is 13.2 Å². The van der Waals surface area contributed by atoms with E-state index in [9.17, 15) is 31.2 Å². The van der Waals surface area contributed by atoms with Gasteiger partial charge in [-0.05, 0) is 48.7 Å². The Balaban J connectivity index is 2.22. The van der Waals surface area contributed by atoms with E-state index in [-0.39, 0.29) is 21.5 Å². The van der Waals surface area contributed by atoms with E-state index in [2.05, 4.69) is 9.84 Å². The minimum absolute atomic E-state index is 0.0844. The Labute approximate surface area is 197 Å². The highest BCUT2D eigenvalue weighted by atomic mass is 32.2. The van der Waals surface area contributed by atoms with E-state index >= 15 is 0 Å². The summed E-state index contributed by atoms with van der Waals surface area (Å²) >= 11 is 0.897. The third kappa shape index (κ3) is 5.98. The van der Waals surface area contributed by atoms with Crippen LogP contribution in [0.5, 0.6) is 5.75 Å². The first-order valence-corrected chi connectivity index (χ1v) is 12.9. The summed E-state index contributed by atoms with van der Waals surface area (Å²) in [4.78, 5) is 25.8. The quantitative estimate of drug-likeness (QED) is 0.455. The van der Waals surface area contributed by atoms with E-state index in [1.165, 1.54) is 35.0 Å². The van der Waals surface area contributed by atoms with Crippen LogP contribution in [-0.2, 0) is 9.84 Å². The molecule has 3 rings (SSSR count). The van der Waals surface area contributed by atoms with Gasteiger partial charge < -0.3 is 4.74 Å². The van der Waals surface area contributed by atoms with Crippen LogP contribution in [0.1, 0.15) is 30.8 Å². The molecule has 0 spiro atoms. The van der Waals surface area contributed by atoms with Gasteiger partial charge in [0, 0.05) is 12.0 Å². The predicted molar refractivity (Wildman–Crippen MR) is 123 cm³/mol. The summed E-state index contributed by atoms with van der Waals surface area (Å²) < 4.78 is 67.3. The second-order valence-corrected chi connectivity index (χ2v) is 10.9. The van der Waals surface area contributed by atoms with Gasteiger partial charge in [-0.25, -0.2) is 13.1 Å². The summed E-state index contributed by atoms with van der Waals surface area (Å²) in [5.74, 6) is 0.294. The van der Waals surface area contributed by atoms with Crippen LogP contribution in [0.25, 0.3) is 16.6 Å². The van der Waals surface area contributed by atoms with Crippen molar-refractivity contribution in [2.75, 3.05) is 12.0 Å². The monoisotopic (exact) mass is 514 g/mol. The number of benzene rings is 2. The number of rotatable bonds is 7. The fourth-order valence-corrected chi connectivity index (χ4v) is 5.06. The maximum atomic E-state index is 13.2. The molecule has 0 fully saturated rings. The first-order chi connectivity index (χ1) is 15.8. The van der Waals surface area contributed by atoms with Crippen molar-refractivity contribution in [3.8, 4) is 11.4 Å². The zero-order chi connectivity index (χ0) is 25.3. The molecule has 0 bridgehead atoms. The van der Waals surface area contributed by atoms with Crippen LogP contribution in [0.15, 0.2) is 52.2 Å². The number of halogens is 3. The maximum absolute atomic E-state index is 13.2. The van der Waals surface area contributed by atoms with Crippen molar-refractivity contribution in [2.24, 2.45) is 5.92 Å². The highest BCUT2D eigenvalue weighted by Crippen LogP contribution is 2.27. The number of aromatic nitrogens is 2. The molecule has 0 radical (unpaired) electrons. The topological polar surface area (TPSA) is 95.3 Å². The number of sulfone groups is 1. The van der Waals surface area contributed by atoms with Crippen LogP contribution in [0.4, 0.5) is 13.2 Å². The van der Waals surface area contributed by atoms with Gasteiger partial charge >= 0.3 is 6.36 Å². The molecule has 12 heteroatoms. The zero-order valence-electron chi connectivity index (χ0n) is 18.4. The smallest absolute Gasteiger partial charge is 0.406 e. The second kappa shape index (κ2) is 9.79. The van der Waals surface area contributed by atoms with E-state index in [4.69, 9.17) is 0 Å². The number of thioether (sulfide) groups is 1. The van der Waals surface area contributed by atoms with Crippen LogP contribution < -0.4 is 10.2 Å². The van der Waals surface area contributed by atoms with Crippen LogP contribution in [-0.4, -0.2) is 41.7 Å². The lowest BCUT2D eigenvalue weighted by Crippen LogP contribution is -2.23. The van der Waals surface area contributed by atoms with Crippen LogP contribution in [0.2, 0.25) is 0 Å². The number of nitrogens with zero attached hydrogens (tertiary/aromatic N) is 2. The third-order valence-electron chi connectivity index (χ3n) is 4.71. The number of hydrogen-bond donors (Lipinski definition) is 0. The molecule has 1 heterocycles. The average Bonchev–Trinajstić information content (AvgIpc) is 2.72. The number of carbonyl (C=O) groups is 1. The lowest BCUT2D eigenvalue weighted by molar-refractivity contribution is -0.274. The zero-order valence-corrected chi connectivity index (χ0v) is 20.1. The molecule has 1 aromatic heterocycles. The number of alkyl halides is 3. The molecule has 0 saturated heterocycles. The molecule has 0 aliphatic rings. The van der Waals surface area contributed by atoms with E-state index in [1.54, 1.807) is 0 Å². The minimum Gasteiger partial charge on any atom is -0.406 e. The largest absolute Gasteiger partial charge is 0.573 e. The lowest BCUT2D eigenvalue weighted by atomic mass is 10.2. The summed E-state index contributed by atoms with van der Waals surface area (Å²) in [6.07, 6.45) is -3.22. The van der Waals surface area contributed by atoms with Crippen molar-refractivity contribution in [1.29, 1.82) is 0 Å². The van der Waals surface area contributed by atoms with Crippen LogP contribution >= 0.6 is 11.8 Å². The van der Waals surface area contributed by atoms with Crippen LogP contribution in [0, 0.1) is 5.92 Å². The molecule has 7 nitrogen and oxygen atoms in total. The number of fused-ring (bicyclic) bond motifs is 1. The number of hydrogen-bond acceptors (Lipinski definition) is 7. The van der Waals surface area contributed by atoms with Gasteiger partial charge in [-0.2, -0.15) is 5.10 Å². The molecule has 2 aromatic carbocycles. The molecule has 0 N–H and O–H groups in total. The molecular formula is C22H21F3N2O5S2. The minimum atomic E-state index is -4.87. The van der Waals surface area contributed by atoms with Crippen molar-refractivity contribution in [3.05, 3.63) is 58.4 Å². The molecule has 0 aliphatic carbocycles. The summed E-state index contributed by atoms with van der Waals surface area (Å²) in [5, 5.41) is 3.33. The molecule has 3 aromatic rings. The fraction of sp³-hybridized carbons (Fsp3) is 0.318. The second-order valence-electron chi connectivity index (χ2n) is 7.87. The lowest BCUT2D eigenvalue weighted by Gasteiger charge is -2.14. The van der Waals surface area contributed by atoms with Crippen molar-refractivity contribution < 1.29 is 31.1 Å². The van der Waals surface area contributed by atoms with Gasteiger partial charge in [0.15, 0.2) is 15.5 Å². The molecule has 0 aliphatic heterocycles. The summed E-state index contributed by atoms with van der Waals surface area (Å²) in [6.45, 7) is 3.97. The van der Waals surface area contributed by atoms with E-state index in [1.807, 2.05) is 13.8 Å². The SMILES string of the molecule is CC(C)CCSC(=O)c1nn(-c2ccc(OC(F)(F)F)cc2)c2cccc(S(C)(=O)=O)c2c1=O. The Morgan fingerprint density at radius 3 is 2.35 bits per heavy atom. The van der Waals surface area contributed by atoms with E-state index < -0.39 is 38.2 Å². The third-order valence-corrected chi connectivity index (χ3v) is 6.75. The highest BCUT2D eigenvalue weighted by molar-refractivity contribution is 8.14.